The van der Waals surface area contributed by atoms with Gasteiger partial charge in [0.2, 0.25) is 6.29 Å². The Morgan fingerprint density at radius 3 is 2.75 bits per heavy atom. The van der Waals surface area contributed by atoms with E-state index in [-0.39, 0.29) is 24.3 Å². The van der Waals surface area contributed by atoms with Gasteiger partial charge in [-0.15, -0.1) is 0 Å². The van der Waals surface area contributed by atoms with Gasteiger partial charge in [0.25, 0.3) is 0 Å². The molecule has 4 nitrogen and oxygen atoms in total. The van der Waals surface area contributed by atoms with E-state index in [1.54, 1.807) is 0 Å². The van der Waals surface area contributed by atoms with Gasteiger partial charge in [0, 0.05) is 12.8 Å². The molecule has 0 radical (unpaired) electrons. The van der Waals surface area contributed by atoms with Gasteiger partial charge in [-0.05, 0) is 32.4 Å². The lowest BCUT2D eigenvalue weighted by molar-refractivity contribution is -0.228. The molecule has 0 aliphatic carbocycles. The van der Waals surface area contributed by atoms with Crippen LogP contribution in [0.15, 0.2) is 0 Å². The molecule has 1 aliphatic heterocycles. The summed E-state index contributed by atoms with van der Waals surface area (Å²) in [7, 11) is 1.95. The van der Waals surface area contributed by atoms with Crippen LogP contribution in [0, 0.1) is 11.8 Å². The third kappa shape index (κ3) is 3.46. The zero-order valence-corrected chi connectivity index (χ0v) is 10.7. The molecule has 0 aromatic rings. The van der Waals surface area contributed by atoms with Gasteiger partial charge in [-0.1, -0.05) is 13.8 Å². The Balaban J connectivity index is 2.63. The number of ether oxygens (including phenoxy) is 2. The molecule has 1 saturated heterocycles. The molecular formula is C12H23NO3. The first kappa shape index (κ1) is 13.5. The predicted octanol–water partition coefficient (Wildman–Crippen LogP) is 1.55. The average molecular weight is 229 g/mol. The Morgan fingerprint density at radius 2 is 2.25 bits per heavy atom. The highest BCUT2D eigenvalue weighted by Gasteiger charge is 2.36. The van der Waals surface area contributed by atoms with Gasteiger partial charge < -0.3 is 14.8 Å². The molecule has 16 heavy (non-hydrogen) atoms. The summed E-state index contributed by atoms with van der Waals surface area (Å²) >= 11 is 0. The molecule has 4 heteroatoms. The van der Waals surface area contributed by atoms with Crippen LogP contribution >= 0.6 is 0 Å². The Bertz CT molecular complexity index is 232. The minimum atomic E-state index is -0.380. The summed E-state index contributed by atoms with van der Waals surface area (Å²) in [6, 6.07) is 0. The standard InChI is InChI=1S/C12H23NO3/c1-5-11-6-10(7-13-4)8(2)12(16-11)15-9(3)14/h8,10-13H,5-7H2,1-4H3/t8?,10-,11?,12?/m1/s1. The number of hydrogen-bond donors (Lipinski definition) is 1. The quantitative estimate of drug-likeness (QED) is 0.743. The fourth-order valence-electron chi connectivity index (χ4n) is 2.24. The Kier molecular flexibility index (Phi) is 5.22. The maximum atomic E-state index is 11.0. The molecule has 0 bridgehead atoms. The van der Waals surface area contributed by atoms with Crippen molar-refractivity contribution in [2.24, 2.45) is 11.8 Å². The highest BCUT2D eigenvalue weighted by Crippen LogP contribution is 2.32. The van der Waals surface area contributed by atoms with Gasteiger partial charge in [0.1, 0.15) is 0 Å². The van der Waals surface area contributed by atoms with E-state index >= 15 is 0 Å². The lowest BCUT2D eigenvalue weighted by atomic mass is 9.85. The molecule has 0 saturated carbocycles. The number of carbonyl (C=O) groups excluding carboxylic acids is 1. The van der Waals surface area contributed by atoms with Crippen molar-refractivity contribution in [1.82, 2.24) is 5.32 Å². The van der Waals surface area contributed by atoms with Crippen molar-refractivity contribution < 1.29 is 14.3 Å². The van der Waals surface area contributed by atoms with Gasteiger partial charge in [0.05, 0.1) is 6.10 Å². The van der Waals surface area contributed by atoms with E-state index in [1.165, 1.54) is 6.92 Å². The average Bonchev–Trinajstić information content (AvgIpc) is 2.23. The fourth-order valence-corrected chi connectivity index (χ4v) is 2.24. The molecule has 94 valence electrons. The summed E-state index contributed by atoms with van der Waals surface area (Å²) in [5.74, 6) is 0.490. The molecule has 1 N–H and O–H groups in total. The minimum absolute atomic E-state index is 0.207. The number of nitrogens with one attached hydrogen (secondary N) is 1. The molecule has 0 amide bonds. The van der Waals surface area contributed by atoms with Crippen molar-refractivity contribution in [1.29, 1.82) is 0 Å². The Labute approximate surface area is 97.7 Å². The maximum Gasteiger partial charge on any atom is 0.304 e. The van der Waals surface area contributed by atoms with Crippen LogP contribution in [0.2, 0.25) is 0 Å². The van der Waals surface area contributed by atoms with E-state index in [0.29, 0.717) is 5.92 Å². The van der Waals surface area contributed by atoms with Crippen molar-refractivity contribution >= 4 is 5.97 Å². The summed E-state index contributed by atoms with van der Waals surface area (Å²) in [6.07, 6.45) is 1.83. The lowest BCUT2D eigenvalue weighted by Gasteiger charge is -2.39. The van der Waals surface area contributed by atoms with Crippen molar-refractivity contribution in [3.8, 4) is 0 Å². The minimum Gasteiger partial charge on any atom is -0.436 e. The van der Waals surface area contributed by atoms with E-state index in [9.17, 15) is 4.79 Å². The van der Waals surface area contributed by atoms with Crippen LogP contribution in [0.1, 0.15) is 33.6 Å². The second-order valence-corrected chi connectivity index (χ2v) is 4.56. The van der Waals surface area contributed by atoms with Crippen LogP contribution in [0.3, 0.4) is 0 Å². The molecule has 0 aromatic carbocycles. The first-order valence-corrected chi connectivity index (χ1v) is 6.05. The SMILES string of the molecule is CCC1C[C@H](CNC)C(C)C(OC(C)=O)O1. The number of carbonyl (C=O) groups is 1. The zero-order valence-electron chi connectivity index (χ0n) is 10.7. The van der Waals surface area contributed by atoms with Gasteiger partial charge >= 0.3 is 5.97 Å². The summed E-state index contributed by atoms with van der Waals surface area (Å²) in [6.45, 7) is 6.56. The molecule has 1 aliphatic rings. The third-order valence-electron chi connectivity index (χ3n) is 3.27. The lowest BCUT2D eigenvalue weighted by Crippen LogP contribution is -2.44. The van der Waals surface area contributed by atoms with Crippen LogP contribution in [-0.2, 0) is 14.3 Å². The van der Waals surface area contributed by atoms with Crippen molar-refractivity contribution in [3.05, 3.63) is 0 Å². The highest BCUT2D eigenvalue weighted by atomic mass is 16.7. The summed E-state index contributed by atoms with van der Waals surface area (Å²) in [4.78, 5) is 11.0. The first-order valence-electron chi connectivity index (χ1n) is 6.05. The summed E-state index contributed by atoms with van der Waals surface area (Å²) < 4.78 is 11.0. The van der Waals surface area contributed by atoms with Crippen LogP contribution in [0.5, 0.6) is 0 Å². The maximum absolute atomic E-state index is 11.0. The van der Waals surface area contributed by atoms with Gasteiger partial charge in [-0.25, -0.2) is 0 Å². The molecule has 1 heterocycles. The zero-order chi connectivity index (χ0) is 12.1. The van der Waals surface area contributed by atoms with Crippen LogP contribution in [-0.4, -0.2) is 32.0 Å². The van der Waals surface area contributed by atoms with Crippen molar-refractivity contribution in [2.75, 3.05) is 13.6 Å². The van der Waals surface area contributed by atoms with E-state index in [1.807, 2.05) is 7.05 Å². The molecule has 3 unspecified atom stereocenters. The predicted molar refractivity (Wildman–Crippen MR) is 61.9 cm³/mol. The van der Waals surface area contributed by atoms with E-state index in [2.05, 4.69) is 19.2 Å². The molecule has 1 fully saturated rings. The van der Waals surface area contributed by atoms with E-state index in [0.717, 1.165) is 19.4 Å². The third-order valence-corrected chi connectivity index (χ3v) is 3.27. The molecule has 0 aromatic heterocycles. The van der Waals surface area contributed by atoms with Gasteiger partial charge in [-0.3, -0.25) is 4.79 Å². The normalized spacial score (nSPS) is 34.8. The molecule has 4 atom stereocenters. The van der Waals surface area contributed by atoms with Gasteiger partial charge in [-0.2, -0.15) is 0 Å². The second-order valence-electron chi connectivity index (χ2n) is 4.56. The topological polar surface area (TPSA) is 47.6 Å². The molecule has 0 spiro atoms. The Hall–Kier alpha value is -0.610. The van der Waals surface area contributed by atoms with Crippen molar-refractivity contribution in [3.63, 3.8) is 0 Å². The highest BCUT2D eigenvalue weighted by molar-refractivity contribution is 5.66. The molecule has 1 rings (SSSR count). The van der Waals surface area contributed by atoms with Crippen LogP contribution in [0.4, 0.5) is 0 Å². The first-order chi connectivity index (χ1) is 7.58. The second kappa shape index (κ2) is 6.21. The summed E-state index contributed by atoms with van der Waals surface area (Å²) in [5.41, 5.74) is 0. The van der Waals surface area contributed by atoms with Crippen LogP contribution in [0.25, 0.3) is 0 Å². The Morgan fingerprint density at radius 1 is 1.56 bits per heavy atom. The largest absolute Gasteiger partial charge is 0.436 e. The molecular weight excluding hydrogens is 206 g/mol. The number of rotatable bonds is 4. The smallest absolute Gasteiger partial charge is 0.304 e. The van der Waals surface area contributed by atoms with E-state index in [4.69, 9.17) is 9.47 Å². The van der Waals surface area contributed by atoms with Crippen LogP contribution < -0.4 is 5.32 Å². The monoisotopic (exact) mass is 229 g/mol. The van der Waals surface area contributed by atoms with E-state index < -0.39 is 0 Å². The number of esters is 1. The number of hydrogen-bond acceptors (Lipinski definition) is 4. The summed E-state index contributed by atoms with van der Waals surface area (Å²) in [5, 5.41) is 3.19. The van der Waals surface area contributed by atoms with Gasteiger partial charge in [0.15, 0.2) is 0 Å². The fraction of sp³-hybridized carbons (Fsp3) is 0.917. The van der Waals surface area contributed by atoms with Crippen molar-refractivity contribution in [2.45, 2.75) is 46.0 Å².